The Bertz CT molecular complexity index is 448. The molecular weight excluding hydrogens is 286 g/mol. The second-order valence-electron chi connectivity index (χ2n) is 4.35. The van der Waals surface area contributed by atoms with Crippen LogP contribution in [-0.2, 0) is 9.59 Å². The lowest BCUT2D eigenvalue weighted by Crippen LogP contribution is -2.51. The molecule has 0 aliphatic carbocycles. The number of carbonyl (C=O) groups excluding carboxylic acids is 2. The molecule has 1 aromatic carbocycles. The van der Waals surface area contributed by atoms with Crippen molar-refractivity contribution in [3.63, 3.8) is 0 Å². The third-order valence-corrected chi connectivity index (χ3v) is 3.68. The molecule has 1 atom stereocenters. The van der Waals surface area contributed by atoms with E-state index in [1.165, 1.54) is 11.8 Å². The van der Waals surface area contributed by atoms with Gasteiger partial charge in [0.25, 0.3) is 0 Å². The van der Waals surface area contributed by atoms with Gasteiger partial charge in [-0.05, 0) is 30.2 Å². The first-order chi connectivity index (χ1) is 8.90. The fourth-order valence-corrected chi connectivity index (χ4v) is 2.23. The zero-order chi connectivity index (χ0) is 14.4. The Hall–Kier alpha value is -1.20. The van der Waals surface area contributed by atoms with Gasteiger partial charge < -0.3 is 15.2 Å². The van der Waals surface area contributed by atoms with E-state index in [0.29, 0.717) is 5.02 Å². The number of thioether (sulfide) groups is 1. The van der Waals surface area contributed by atoms with E-state index >= 15 is 0 Å². The maximum atomic E-state index is 11.7. The second kappa shape index (κ2) is 7.40. The van der Waals surface area contributed by atoms with Crippen LogP contribution in [0, 0.1) is 5.92 Å². The van der Waals surface area contributed by atoms with Crippen LogP contribution < -0.4 is 10.4 Å². The molecule has 1 rings (SSSR count). The summed E-state index contributed by atoms with van der Waals surface area (Å²) in [5, 5.41) is 13.9. The first-order valence-electron chi connectivity index (χ1n) is 5.78. The summed E-state index contributed by atoms with van der Waals surface area (Å²) in [5.41, 5.74) is 0. The fraction of sp³-hybridized carbons (Fsp3) is 0.385. The van der Waals surface area contributed by atoms with E-state index in [2.05, 4.69) is 5.32 Å². The SMILES string of the molecule is CC(C)[C@@H](NC(=O)CSc1ccc(Cl)cc1)C(=O)[O-]. The second-order valence-corrected chi connectivity index (χ2v) is 5.84. The van der Waals surface area contributed by atoms with Crippen LogP contribution in [0.2, 0.25) is 5.02 Å². The first-order valence-corrected chi connectivity index (χ1v) is 7.15. The van der Waals surface area contributed by atoms with Crippen LogP contribution in [0.15, 0.2) is 29.2 Å². The minimum Gasteiger partial charge on any atom is -0.548 e. The monoisotopic (exact) mass is 300 g/mol. The van der Waals surface area contributed by atoms with E-state index in [9.17, 15) is 14.7 Å². The quantitative estimate of drug-likeness (QED) is 0.805. The van der Waals surface area contributed by atoms with Gasteiger partial charge in [-0.3, -0.25) is 4.79 Å². The van der Waals surface area contributed by atoms with Crippen LogP contribution in [0.1, 0.15) is 13.8 Å². The van der Waals surface area contributed by atoms with Crippen molar-refractivity contribution in [2.24, 2.45) is 5.92 Å². The third kappa shape index (κ3) is 5.53. The van der Waals surface area contributed by atoms with Crippen molar-refractivity contribution in [1.82, 2.24) is 5.32 Å². The molecular formula is C13H15ClNO3S-. The van der Waals surface area contributed by atoms with Gasteiger partial charge in [-0.15, -0.1) is 11.8 Å². The van der Waals surface area contributed by atoms with Gasteiger partial charge in [0, 0.05) is 9.92 Å². The molecule has 0 radical (unpaired) electrons. The highest BCUT2D eigenvalue weighted by molar-refractivity contribution is 8.00. The standard InChI is InChI=1S/C13H16ClNO3S/c1-8(2)12(13(17)18)15-11(16)7-19-10-5-3-9(14)4-6-10/h3-6,8,12H,7H2,1-2H3,(H,15,16)(H,17,18)/p-1/t12-/m1/s1. The Balaban J connectivity index is 2.47. The average molecular weight is 301 g/mol. The van der Waals surface area contributed by atoms with Crippen molar-refractivity contribution >= 4 is 35.2 Å². The van der Waals surface area contributed by atoms with Crippen molar-refractivity contribution < 1.29 is 14.7 Å². The topological polar surface area (TPSA) is 69.2 Å². The van der Waals surface area contributed by atoms with Crippen molar-refractivity contribution in [2.45, 2.75) is 24.8 Å². The van der Waals surface area contributed by atoms with Gasteiger partial charge in [0.2, 0.25) is 5.91 Å². The van der Waals surface area contributed by atoms with Crippen LogP contribution >= 0.6 is 23.4 Å². The van der Waals surface area contributed by atoms with Crippen molar-refractivity contribution in [3.05, 3.63) is 29.3 Å². The molecule has 1 aromatic rings. The molecule has 0 fully saturated rings. The third-order valence-electron chi connectivity index (χ3n) is 2.42. The van der Waals surface area contributed by atoms with Crippen LogP contribution in [-0.4, -0.2) is 23.7 Å². The molecule has 1 N–H and O–H groups in total. The Morgan fingerprint density at radius 1 is 1.32 bits per heavy atom. The molecule has 104 valence electrons. The normalized spacial score (nSPS) is 12.2. The van der Waals surface area contributed by atoms with E-state index in [0.717, 1.165) is 4.90 Å². The number of aliphatic carboxylic acids is 1. The smallest absolute Gasteiger partial charge is 0.230 e. The van der Waals surface area contributed by atoms with Crippen molar-refractivity contribution in [1.29, 1.82) is 0 Å². The van der Waals surface area contributed by atoms with Crippen molar-refractivity contribution in [2.75, 3.05) is 5.75 Å². The molecule has 0 unspecified atom stereocenters. The van der Waals surface area contributed by atoms with E-state index in [1.807, 2.05) is 0 Å². The number of benzene rings is 1. The van der Waals surface area contributed by atoms with E-state index in [1.54, 1.807) is 38.1 Å². The molecule has 1 amide bonds. The summed E-state index contributed by atoms with van der Waals surface area (Å²) in [6.45, 7) is 3.43. The van der Waals surface area contributed by atoms with Gasteiger partial charge in [0.15, 0.2) is 0 Å². The van der Waals surface area contributed by atoms with Crippen LogP contribution in [0.3, 0.4) is 0 Å². The fourth-order valence-electron chi connectivity index (χ4n) is 1.39. The maximum Gasteiger partial charge on any atom is 0.230 e. The average Bonchev–Trinajstić information content (AvgIpc) is 2.34. The van der Waals surface area contributed by atoms with Crippen LogP contribution in [0.5, 0.6) is 0 Å². The lowest BCUT2D eigenvalue weighted by molar-refractivity contribution is -0.309. The first kappa shape index (κ1) is 15.9. The molecule has 0 saturated carbocycles. The summed E-state index contributed by atoms with van der Waals surface area (Å²) < 4.78 is 0. The number of carbonyl (C=O) groups is 2. The van der Waals surface area contributed by atoms with E-state index in [4.69, 9.17) is 11.6 Å². The number of hydrogen-bond donors (Lipinski definition) is 1. The highest BCUT2D eigenvalue weighted by Gasteiger charge is 2.17. The summed E-state index contributed by atoms with van der Waals surface area (Å²) in [5.74, 6) is -1.66. The largest absolute Gasteiger partial charge is 0.548 e. The molecule has 19 heavy (non-hydrogen) atoms. The summed E-state index contributed by atoms with van der Waals surface area (Å²) >= 11 is 7.07. The molecule has 6 heteroatoms. The number of rotatable bonds is 6. The Morgan fingerprint density at radius 3 is 2.37 bits per heavy atom. The molecule has 0 bridgehead atoms. The van der Waals surface area contributed by atoms with Gasteiger partial charge in [0.1, 0.15) is 0 Å². The van der Waals surface area contributed by atoms with Crippen LogP contribution in [0.25, 0.3) is 0 Å². The molecule has 4 nitrogen and oxygen atoms in total. The summed E-state index contributed by atoms with van der Waals surface area (Å²) in [7, 11) is 0. The maximum absolute atomic E-state index is 11.7. The Labute approximate surface area is 121 Å². The number of nitrogens with one attached hydrogen (secondary N) is 1. The zero-order valence-corrected chi connectivity index (χ0v) is 12.3. The molecule has 0 heterocycles. The van der Waals surface area contributed by atoms with E-state index in [-0.39, 0.29) is 17.6 Å². The summed E-state index contributed by atoms with van der Waals surface area (Å²) in [6.07, 6.45) is 0. The zero-order valence-electron chi connectivity index (χ0n) is 10.7. The molecule has 0 spiro atoms. The van der Waals surface area contributed by atoms with Gasteiger partial charge in [-0.1, -0.05) is 25.4 Å². The molecule has 0 saturated heterocycles. The highest BCUT2D eigenvalue weighted by Crippen LogP contribution is 2.20. The van der Waals surface area contributed by atoms with Crippen molar-refractivity contribution in [3.8, 4) is 0 Å². The summed E-state index contributed by atoms with van der Waals surface area (Å²) in [6, 6.07) is 6.12. The molecule has 0 aliphatic rings. The van der Waals surface area contributed by atoms with Gasteiger partial charge in [0.05, 0.1) is 17.8 Å². The van der Waals surface area contributed by atoms with Gasteiger partial charge in [-0.2, -0.15) is 0 Å². The number of hydrogen-bond acceptors (Lipinski definition) is 4. The minimum atomic E-state index is -1.26. The van der Waals surface area contributed by atoms with Gasteiger partial charge >= 0.3 is 0 Å². The number of halogens is 1. The minimum absolute atomic E-state index is 0.151. The van der Waals surface area contributed by atoms with E-state index < -0.39 is 12.0 Å². The lowest BCUT2D eigenvalue weighted by atomic mass is 10.1. The lowest BCUT2D eigenvalue weighted by Gasteiger charge is -2.23. The summed E-state index contributed by atoms with van der Waals surface area (Å²) in [4.78, 5) is 23.4. The highest BCUT2D eigenvalue weighted by atomic mass is 35.5. The number of carboxylic acids is 1. The van der Waals surface area contributed by atoms with Gasteiger partial charge in [-0.25, -0.2) is 0 Å². The Kier molecular flexibility index (Phi) is 6.18. The Morgan fingerprint density at radius 2 is 1.89 bits per heavy atom. The molecule has 0 aromatic heterocycles. The molecule has 0 aliphatic heterocycles. The number of amides is 1. The van der Waals surface area contributed by atoms with Crippen LogP contribution in [0.4, 0.5) is 0 Å². The predicted octanol–water partition coefficient (Wildman–Crippen LogP) is 1.32. The predicted molar refractivity (Wildman–Crippen MR) is 74.0 cm³/mol. The number of carboxylic acid groups (broad SMARTS) is 1.